The van der Waals surface area contributed by atoms with Crippen LogP contribution in [0.5, 0.6) is 34.5 Å². The Morgan fingerprint density at radius 3 is 1.75 bits per heavy atom. The number of rotatable bonds is 5. The van der Waals surface area contributed by atoms with Crippen molar-refractivity contribution in [2.24, 2.45) is 0 Å². The highest BCUT2D eigenvalue weighted by molar-refractivity contribution is 5.61. The number of ether oxygens (including phenoxy) is 1. The molecule has 0 aliphatic heterocycles. The summed E-state index contributed by atoms with van der Waals surface area (Å²) < 4.78 is 6.00. The lowest BCUT2D eigenvalue weighted by Crippen LogP contribution is -2.19. The van der Waals surface area contributed by atoms with E-state index >= 15 is 0 Å². The molecule has 4 aromatic rings. The van der Waals surface area contributed by atoms with Gasteiger partial charge in [0, 0.05) is 42.6 Å². The maximum absolute atomic E-state index is 11.1. The van der Waals surface area contributed by atoms with E-state index in [9.17, 15) is 30.6 Å². The highest BCUT2D eigenvalue weighted by Gasteiger charge is 2.48. The lowest BCUT2D eigenvalue weighted by atomic mass is 9.74. The maximum Gasteiger partial charge on any atom is 0.123 e. The average molecular weight is 487 g/mol. The van der Waals surface area contributed by atoms with Crippen LogP contribution in [-0.4, -0.2) is 37.7 Å². The van der Waals surface area contributed by atoms with Crippen molar-refractivity contribution in [2.45, 2.75) is 23.9 Å². The molecule has 6 N–H and O–H groups in total. The van der Waals surface area contributed by atoms with Gasteiger partial charge >= 0.3 is 0 Å². The van der Waals surface area contributed by atoms with Gasteiger partial charge in [-0.2, -0.15) is 0 Å². The standard InChI is InChI=1S/C29H26O7/c1-36-29(16-4-8-19(31)9-5-16)28-23-13-22(34)14-24(35)27(23)25(15-2-6-18(30)7-3-15)26(28)17-10-20(32)12-21(33)11-17/h2-14,25-26,28-35H,1H3. The van der Waals surface area contributed by atoms with Crippen LogP contribution in [0.2, 0.25) is 0 Å². The second-order valence-electron chi connectivity index (χ2n) is 9.12. The number of fused-ring (bicyclic) bond motifs is 1. The zero-order chi connectivity index (χ0) is 25.6. The van der Waals surface area contributed by atoms with Gasteiger partial charge < -0.3 is 35.4 Å². The molecule has 36 heavy (non-hydrogen) atoms. The first-order valence-electron chi connectivity index (χ1n) is 11.5. The molecule has 4 unspecified atom stereocenters. The van der Waals surface area contributed by atoms with Crippen molar-refractivity contribution < 1.29 is 35.4 Å². The average Bonchev–Trinajstić information content (AvgIpc) is 3.16. The number of aromatic hydroxyl groups is 6. The van der Waals surface area contributed by atoms with Crippen molar-refractivity contribution in [3.8, 4) is 34.5 Å². The molecule has 0 saturated heterocycles. The van der Waals surface area contributed by atoms with E-state index in [0.29, 0.717) is 16.7 Å². The Labute approximate surface area is 207 Å². The van der Waals surface area contributed by atoms with E-state index < -0.39 is 23.9 Å². The Hall–Kier alpha value is -4.36. The third-order valence-corrected chi connectivity index (χ3v) is 6.95. The molecule has 5 rings (SSSR count). The molecule has 0 radical (unpaired) electrons. The number of phenols is 6. The molecule has 0 heterocycles. The summed E-state index contributed by atoms with van der Waals surface area (Å²) in [6.07, 6.45) is -0.581. The van der Waals surface area contributed by atoms with Crippen LogP contribution in [-0.2, 0) is 4.74 Å². The number of hydrogen-bond acceptors (Lipinski definition) is 7. The van der Waals surface area contributed by atoms with Gasteiger partial charge in [0.1, 0.15) is 34.5 Å². The zero-order valence-corrected chi connectivity index (χ0v) is 19.4. The molecule has 0 saturated carbocycles. The molecule has 0 amide bonds. The van der Waals surface area contributed by atoms with Crippen LogP contribution in [0.15, 0.2) is 78.9 Å². The SMILES string of the molecule is COC(c1ccc(O)cc1)C1c2cc(O)cc(O)c2C(c2ccc(O)cc2)C1c1cc(O)cc(O)c1. The summed E-state index contributed by atoms with van der Waals surface area (Å²) >= 11 is 0. The molecular formula is C29H26O7. The fourth-order valence-corrected chi connectivity index (χ4v) is 5.61. The molecule has 0 bridgehead atoms. The van der Waals surface area contributed by atoms with Crippen LogP contribution in [0.3, 0.4) is 0 Å². The smallest absolute Gasteiger partial charge is 0.123 e. The number of phenolic OH excluding ortho intramolecular Hbond substituents is 6. The zero-order valence-electron chi connectivity index (χ0n) is 19.4. The summed E-state index contributed by atoms with van der Waals surface area (Å²) in [4.78, 5) is 0. The third kappa shape index (κ3) is 4.03. The first-order chi connectivity index (χ1) is 17.3. The minimum Gasteiger partial charge on any atom is -0.508 e. The minimum atomic E-state index is -0.581. The van der Waals surface area contributed by atoms with Crippen LogP contribution in [0.25, 0.3) is 0 Å². The van der Waals surface area contributed by atoms with E-state index in [0.717, 1.165) is 11.1 Å². The van der Waals surface area contributed by atoms with Crippen molar-refractivity contribution in [1.29, 1.82) is 0 Å². The van der Waals surface area contributed by atoms with Gasteiger partial charge in [-0.15, -0.1) is 0 Å². The predicted octanol–water partition coefficient (Wildman–Crippen LogP) is 5.32. The molecule has 0 spiro atoms. The van der Waals surface area contributed by atoms with Crippen molar-refractivity contribution in [3.63, 3.8) is 0 Å². The van der Waals surface area contributed by atoms with E-state index in [1.807, 2.05) is 0 Å². The van der Waals surface area contributed by atoms with Gasteiger partial charge in [-0.05, 0) is 64.7 Å². The van der Waals surface area contributed by atoms with Crippen molar-refractivity contribution in [1.82, 2.24) is 0 Å². The molecule has 184 valence electrons. The summed E-state index contributed by atoms with van der Waals surface area (Å²) in [7, 11) is 1.56. The van der Waals surface area contributed by atoms with Crippen LogP contribution >= 0.6 is 0 Å². The monoisotopic (exact) mass is 486 g/mol. The third-order valence-electron chi connectivity index (χ3n) is 6.95. The van der Waals surface area contributed by atoms with E-state index in [4.69, 9.17) is 4.74 Å². The fraction of sp³-hybridized carbons (Fsp3) is 0.172. The van der Waals surface area contributed by atoms with Gasteiger partial charge in [0.05, 0.1) is 6.10 Å². The predicted molar refractivity (Wildman–Crippen MR) is 133 cm³/mol. The Balaban J connectivity index is 1.81. The lowest BCUT2D eigenvalue weighted by molar-refractivity contribution is 0.0717. The van der Waals surface area contributed by atoms with Gasteiger partial charge in [-0.1, -0.05) is 24.3 Å². The molecule has 7 nitrogen and oxygen atoms in total. The van der Waals surface area contributed by atoms with Crippen molar-refractivity contribution >= 4 is 0 Å². The van der Waals surface area contributed by atoms with Gasteiger partial charge in [0.2, 0.25) is 0 Å². The van der Waals surface area contributed by atoms with Crippen molar-refractivity contribution in [2.75, 3.05) is 7.11 Å². The first-order valence-corrected chi connectivity index (χ1v) is 11.5. The van der Waals surface area contributed by atoms with Gasteiger partial charge in [0.25, 0.3) is 0 Å². The fourth-order valence-electron chi connectivity index (χ4n) is 5.61. The maximum atomic E-state index is 11.1. The Morgan fingerprint density at radius 2 is 1.17 bits per heavy atom. The molecule has 0 aromatic heterocycles. The molecule has 1 aliphatic carbocycles. The molecule has 1 aliphatic rings. The highest BCUT2D eigenvalue weighted by atomic mass is 16.5. The van der Waals surface area contributed by atoms with E-state index in [-0.39, 0.29) is 34.5 Å². The van der Waals surface area contributed by atoms with Crippen LogP contribution in [0, 0.1) is 0 Å². The van der Waals surface area contributed by atoms with E-state index in [2.05, 4.69) is 0 Å². The largest absolute Gasteiger partial charge is 0.508 e. The Morgan fingerprint density at radius 1 is 0.611 bits per heavy atom. The highest BCUT2D eigenvalue weighted by Crippen LogP contribution is 2.62. The van der Waals surface area contributed by atoms with Crippen LogP contribution in [0.1, 0.15) is 51.7 Å². The molecule has 7 heteroatoms. The van der Waals surface area contributed by atoms with Gasteiger partial charge in [0.15, 0.2) is 0 Å². The number of hydrogen-bond donors (Lipinski definition) is 6. The second kappa shape index (κ2) is 9.02. The Bertz CT molecular complexity index is 1380. The van der Waals surface area contributed by atoms with Crippen molar-refractivity contribution in [3.05, 3.63) is 107 Å². The first kappa shape index (κ1) is 23.4. The van der Waals surface area contributed by atoms with Gasteiger partial charge in [-0.25, -0.2) is 0 Å². The Kier molecular flexibility index (Phi) is 5.86. The second-order valence-corrected chi connectivity index (χ2v) is 9.12. The molecular weight excluding hydrogens is 460 g/mol. The summed E-state index contributed by atoms with van der Waals surface area (Å²) in [5.41, 5.74) is 3.38. The normalized spacial score (nSPS) is 19.6. The summed E-state index contributed by atoms with van der Waals surface area (Å²) in [6, 6.07) is 20.5. The summed E-state index contributed by atoms with van der Waals surface area (Å²) in [5, 5.41) is 62.0. The summed E-state index contributed by atoms with van der Waals surface area (Å²) in [5.74, 6) is -1.66. The number of benzene rings is 4. The number of methoxy groups -OCH3 is 1. The van der Waals surface area contributed by atoms with Crippen LogP contribution < -0.4 is 0 Å². The molecule has 0 fully saturated rings. The molecule has 4 atom stereocenters. The minimum absolute atomic E-state index is 0.0915. The van der Waals surface area contributed by atoms with E-state index in [1.165, 1.54) is 12.1 Å². The van der Waals surface area contributed by atoms with Gasteiger partial charge in [-0.3, -0.25) is 0 Å². The van der Waals surface area contributed by atoms with E-state index in [1.54, 1.807) is 73.8 Å². The quantitative estimate of drug-likeness (QED) is 0.225. The lowest BCUT2D eigenvalue weighted by Gasteiger charge is -2.32. The summed E-state index contributed by atoms with van der Waals surface area (Å²) in [6.45, 7) is 0. The molecule has 4 aromatic carbocycles. The van der Waals surface area contributed by atoms with Crippen LogP contribution in [0.4, 0.5) is 0 Å². The topological polar surface area (TPSA) is 131 Å².